The highest BCUT2D eigenvalue weighted by Crippen LogP contribution is 2.11. The van der Waals surface area contributed by atoms with Crippen molar-refractivity contribution in [2.75, 3.05) is 6.67 Å². The summed E-state index contributed by atoms with van der Waals surface area (Å²) in [5, 5.41) is 5.12. The summed E-state index contributed by atoms with van der Waals surface area (Å²) in [5.41, 5.74) is 0.331. The van der Waals surface area contributed by atoms with Crippen LogP contribution in [-0.2, 0) is 9.59 Å². The van der Waals surface area contributed by atoms with Crippen LogP contribution in [0.2, 0.25) is 0 Å². The molecule has 2 unspecified atom stereocenters. The Bertz CT molecular complexity index is 197. The van der Waals surface area contributed by atoms with Gasteiger partial charge in [-0.3, -0.25) is 9.59 Å². The lowest BCUT2D eigenvalue weighted by Gasteiger charge is -2.10. The molecule has 0 aromatic rings. The van der Waals surface area contributed by atoms with Crippen LogP contribution in [0.1, 0.15) is 33.1 Å². The van der Waals surface area contributed by atoms with E-state index in [9.17, 15) is 9.59 Å². The van der Waals surface area contributed by atoms with Crippen molar-refractivity contribution in [2.24, 2.45) is 0 Å². The molecule has 0 fully saturated rings. The first-order chi connectivity index (χ1) is 6.56. The molecule has 0 aliphatic rings. The minimum atomic E-state index is -0.138. The van der Waals surface area contributed by atoms with Gasteiger partial charge < -0.3 is 10.6 Å². The van der Waals surface area contributed by atoms with Crippen molar-refractivity contribution in [3.8, 4) is 0 Å². The lowest BCUT2D eigenvalue weighted by atomic mass is 10.2. The van der Waals surface area contributed by atoms with Crippen LogP contribution in [0, 0.1) is 0 Å². The molecule has 0 saturated carbocycles. The number of carbonyl (C=O) groups is 2. The minimum absolute atomic E-state index is 0.0211. The molecule has 0 bridgehead atoms. The van der Waals surface area contributed by atoms with Gasteiger partial charge in [0.1, 0.15) is 0 Å². The average Bonchev–Trinajstić information content (AvgIpc) is 2.03. The van der Waals surface area contributed by atoms with Gasteiger partial charge in [0, 0.05) is 13.3 Å². The topological polar surface area (TPSA) is 58.2 Å². The van der Waals surface area contributed by atoms with E-state index in [4.69, 9.17) is 0 Å². The van der Waals surface area contributed by atoms with E-state index < -0.39 is 0 Å². The maximum Gasteiger partial charge on any atom is 0.221 e. The van der Waals surface area contributed by atoms with Crippen LogP contribution in [0.3, 0.4) is 0 Å². The number of rotatable bonds is 6. The summed E-state index contributed by atoms with van der Waals surface area (Å²) < 4.78 is 0. The number of hydrogen-bond acceptors (Lipinski definition) is 2. The predicted octanol–water partition coefficient (Wildman–Crippen LogP) is 0.630. The molecule has 2 N–H and O–H groups in total. The van der Waals surface area contributed by atoms with Crippen LogP contribution in [0.5, 0.6) is 0 Å². The Labute approximate surface area is 87.4 Å². The zero-order valence-electron chi connectivity index (χ0n) is 8.80. The minimum Gasteiger partial charge on any atom is -0.339 e. The van der Waals surface area contributed by atoms with E-state index in [2.05, 4.69) is 26.8 Å². The molecule has 0 aliphatic carbocycles. The molecule has 0 rings (SSSR count). The molecule has 2 atom stereocenters. The molecule has 0 heterocycles. The predicted molar refractivity (Wildman–Crippen MR) is 59.8 cm³/mol. The van der Waals surface area contributed by atoms with E-state index in [1.165, 1.54) is 6.92 Å². The molecule has 5 heteroatoms. The summed E-state index contributed by atoms with van der Waals surface area (Å²) in [6, 6.07) is 0. The Morgan fingerprint density at radius 2 is 2.00 bits per heavy atom. The van der Waals surface area contributed by atoms with E-state index >= 15 is 0 Å². The third kappa shape index (κ3) is 7.99. The van der Waals surface area contributed by atoms with E-state index in [0.717, 1.165) is 12.8 Å². The van der Waals surface area contributed by atoms with Gasteiger partial charge in [-0.25, -0.2) is 0 Å². The van der Waals surface area contributed by atoms with Gasteiger partial charge in [0.05, 0.1) is 6.67 Å². The van der Waals surface area contributed by atoms with Crippen LogP contribution in [0.25, 0.3) is 0 Å². The lowest BCUT2D eigenvalue weighted by molar-refractivity contribution is -0.122. The molecule has 0 spiro atoms. The van der Waals surface area contributed by atoms with Crippen molar-refractivity contribution in [3.63, 3.8) is 0 Å². The Morgan fingerprint density at radius 3 is 2.50 bits per heavy atom. The summed E-state index contributed by atoms with van der Waals surface area (Å²) in [6.07, 6.45) is 2.60. The average molecular weight is 218 g/mol. The second-order valence-electron chi connectivity index (χ2n) is 3.26. The van der Waals surface area contributed by atoms with Gasteiger partial charge in [-0.1, -0.05) is 13.3 Å². The zero-order valence-corrected chi connectivity index (χ0v) is 9.95. The number of amides is 2. The summed E-state index contributed by atoms with van der Waals surface area (Å²) in [6.45, 7) is 3.73. The molecule has 0 aromatic heterocycles. The fourth-order valence-electron chi connectivity index (χ4n) is 1.05. The molecule has 82 valence electrons. The highest BCUT2D eigenvalue weighted by molar-refractivity contribution is 7.17. The number of carbonyl (C=O) groups excluding carboxylic acids is 2. The zero-order chi connectivity index (χ0) is 11.0. The van der Waals surface area contributed by atoms with Crippen LogP contribution in [-0.4, -0.2) is 24.1 Å². The first-order valence-electron chi connectivity index (χ1n) is 4.83. The summed E-state index contributed by atoms with van der Waals surface area (Å²) in [4.78, 5) is 21.7. The van der Waals surface area contributed by atoms with Crippen LogP contribution in [0.15, 0.2) is 0 Å². The largest absolute Gasteiger partial charge is 0.339 e. The highest BCUT2D eigenvalue weighted by atomic mass is 31.0. The Hall–Kier alpha value is -0.630. The van der Waals surface area contributed by atoms with Crippen molar-refractivity contribution in [2.45, 2.75) is 38.8 Å². The quantitative estimate of drug-likeness (QED) is 0.507. The summed E-state index contributed by atoms with van der Waals surface area (Å²) in [7, 11) is 2.66. The fourth-order valence-corrected chi connectivity index (χ4v) is 1.60. The monoisotopic (exact) mass is 218 g/mol. The van der Waals surface area contributed by atoms with Gasteiger partial charge in [0.15, 0.2) is 0 Å². The molecule has 0 aliphatic heterocycles. The van der Waals surface area contributed by atoms with Gasteiger partial charge in [-0.15, -0.1) is 9.24 Å². The second kappa shape index (κ2) is 7.74. The Kier molecular flexibility index (Phi) is 7.40. The molecule has 0 aromatic carbocycles. The lowest BCUT2D eigenvalue weighted by Crippen LogP contribution is -2.36. The van der Waals surface area contributed by atoms with Crippen molar-refractivity contribution in [1.29, 1.82) is 0 Å². The normalized spacial score (nSPS) is 11.9. The van der Waals surface area contributed by atoms with Crippen LogP contribution < -0.4 is 10.6 Å². The molecule has 0 radical (unpaired) electrons. The van der Waals surface area contributed by atoms with Gasteiger partial charge in [0.25, 0.3) is 0 Å². The van der Waals surface area contributed by atoms with Gasteiger partial charge in [-0.2, -0.15) is 0 Å². The van der Waals surface area contributed by atoms with Crippen molar-refractivity contribution in [1.82, 2.24) is 10.6 Å². The van der Waals surface area contributed by atoms with Crippen molar-refractivity contribution in [3.05, 3.63) is 0 Å². The first kappa shape index (κ1) is 13.4. The van der Waals surface area contributed by atoms with E-state index in [-0.39, 0.29) is 18.5 Å². The van der Waals surface area contributed by atoms with Crippen molar-refractivity contribution < 1.29 is 9.59 Å². The molecule has 2 amide bonds. The summed E-state index contributed by atoms with van der Waals surface area (Å²) in [5.74, 6) is -0.159. The molecule has 14 heavy (non-hydrogen) atoms. The van der Waals surface area contributed by atoms with E-state index in [1.54, 1.807) is 0 Å². The van der Waals surface area contributed by atoms with Crippen LogP contribution in [0.4, 0.5) is 0 Å². The van der Waals surface area contributed by atoms with Crippen molar-refractivity contribution >= 4 is 21.1 Å². The van der Waals surface area contributed by atoms with Gasteiger partial charge in [0.2, 0.25) is 11.8 Å². The molecule has 4 nitrogen and oxygen atoms in total. The van der Waals surface area contributed by atoms with E-state index in [0.29, 0.717) is 12.1 Å². The van der Waals surface area contributed by atoms with Gasteiger partial charge >= 0.3 is 0 Å². The highest BCUT2D eigenvalue weighted by Gasteiger charge is 2.07. The standard InChI is InChI=1S/C9H19N2O2P/c1-3-4-8(14)5-9(13)11-6-10-7(2)12/h8H,3-6,14H2,1-2H3,(H,10,12)(H,11,13). The third-order valence-corrected chi connectivity index (χ3v) is 2.30. The molecular weight excluding hydrogens is 199 g/mol. The second-order valence-corrected chi connectivity index (χ2v) is 4.21. The number of nitrogens with one attached hydrogen (secondary N) is 2. The third-order valence-electron chi connectivity index (χ3n) is 1.73. The smallest absolute Gasteiger partial charge is 0.221 e. The number of hydrogen-bond donors (Lipinski definition) is 2. The molecule has 0 saturated heterocycles. The van der Waals surface area contributed by atoms with E-state index in [1.807, 2.05) is 0 Å². The SMILES string of the molecule is CCCC(P)CC(=O)NCNC(C)=O. The van der Waals surface area contributed by atoms with Crippen LogP contribution >= 0.6 is 9.24 Å². The van der Waals surface area contributed by atoms with Gasteiger partial charge in [-0.05, 0) is 12.1 Å². The molecular formula is C9H19N2O2P. The Balaban J connectivity index is 3.50. The maximum absolute atomic E-state index is 11.2. The summed E-state index contributed by atoms with van der Waals surface area (Å²) >= 11 is 0. The fraction of sp³-hybridized carbons (Fsp3) is 0.778. The Morgan fingerprint density at radius 1 is 1.36 bits per heavy atom. The first-order valence-corrected chi connectivity index (χ1v) is 5.49. The maximum atomic E-state index is 11.2.